The van der Waals surface area contributed by atoms with E-state index < -0.39 is 6.10 Å². The van der Waals surface area contributed by atoms with Crippen LogP contribution in [0.4, 0.5) is 0 Å². The number of hydrogen-bond acceptors (Lipinski definition) is 3. The van der Waals surface area contributed by atoms with Gasteiger partial charge >= 0.3 is 0 Å². The van der Waals surface area contributed by atoms with Crippen LogP contribution < -0.4 is 10.1 Å². The van der Waals surface area contributed by atoms with Crippen molar-refractivity contribution in [3.63, 3.8) is 0 Å². The van der Waals surface area contributed by atoms with Crippen molar-refractivity contribution in [3.05, 3.63) is 29.8 Å². The Balaban J connectivity index is 1.82. The van der Waals surface area contributed by atoms with Crippen molar-refractivity contribution in [2.24, 2.45) is 0 Å². The third-order valence-electron chi connectivity index (χ3n) is 5.01. The third-order valence-corrected chi connectivity index (χ3v) is 5.01. The average Bonchev–Trinajstić information content (AvgIpc) is 2.55. The molecular weight excluding hydrogens is 312 g/mol. The molecule has 1 aliphatic heterocycles. The number of hydrogen-bond donors (Lipinski definition) is 1. The van der Waals surface area contributed by atoms with Crippen LogP contribution in [0.25, 0.3) is 0 Å². The smallest absolute Gasteiger partial charge is 0.260 e. The number of nitrogens with zero attached hydrogens (tertiary/aromatic N) is 1. The fourth-order valence-electron chi connectivity index (χ4n) is 3.17. The molecule has 0 saturated carbocycles. The van der Waals surface area contributed by atoms with Gasteiger partial charge in [-0.3, -0.25) is 4.79 Å². The summed E-state index contributed by atoms with van der Waals surface area (Å²) < 4.78 is 5.82. The van der Waals surface area contributed by atoms with Crippen LogP contribution >= 0.6 is 0 Å². The molecule has 0 aromatic heterocycles. The number of nitrogens with one attached hydrogen (secondary N) is 1. The molecule has 1 fully saturated rings. The molecule has 1 aliphatic rings. The van der Waals surface area contributed by atoms with Gasteiger partial charge < -0.3 is 15.0 Å². The van der Waals surface area contributed by atoms with Gasteiger partial charge in [-0.1, -0.05) is 32.9 Å². The van der Waals surface area contributed by atoms with E-state index in [0.29, 0.717) is 6.04 Å². The molecule has 1 saturated heterocycles. The lowest BCUT2D eigenvalue weighted by molar-refractivity contribution is -0.128. The number of piperidine rings is 1. The van der Waals surface area contributed by atoms with Crippen molar-refractivity contribution in [2.45, 2.75) is 78.0 Å². The van der Waals surface area contributed by atoms with Crippen LogP contribution in [0.1, 0.15) is 59.9 Å². The molecule has 0 aliphatic carbocycles. The van der Waals surface area contributed by atoms with Gasteiger partial charge in [0.15, 0.2) is 6.10 Å². The topological polar surface area (TPSA) is 41.6 Å². The summed E-state index contributed by atoms with van der Waals surface area (Å²) >= 11 is 0. The first-order valence-corrected chi connectivity index (χ1v) is 9.48. The van der Waals surface area contributed by atoms with Gasteiger partial charge in [-0.25, -0.2) is 0 Å². The normalized spacial score (nSPS) is 18.2. The number of ether oxygens (including phenoxy) is 1. The van der Waals surface area contributed by atoms with Gasteiger partial charge in [-0.2, -0.15) is 0 Å². The van der Waals surface area contributed by atoms with E-state index in [0.717, 1.165) is 31.7 Å². The lowest BCUT2D eigenvalue weighted by Gasteiger charge is -2.35. The van der Waals surface area contributed by atoms with Crippen LogP contribution in [-0.2, 0) is 10.2 Å². The van der Waals surface area contributed by atoms with Crippen LogP contribution in [0.3, 0.4) is 0 Å². The largest absolute Gasteiger partial charge is 0.481 e. The molecule has 0 unspecified atom stereocenters. The van der Waals surface area contributed by atoms with Crippen molar-refractivity contribution in [1.29, 1.82) is 0 Å². The summed E-state index contributed by atoms with van der Waals surface area (Å²) in [4.78, 5) is 14.9. The molecule has 0 spiro atoms. The van der Waals surface area contributed by atoms with Crippen molar-refractivity contribution in [3.8, 4) is 5.75 Å². The Bertz CT molecular complexity index is 552. The Labute approximate surface area is 152 Å². The van der Waals surface area contributed by atoms with Crippen molar-refractivity contribution in [2.75, 3.05) is 13.1 Å². The highest BCUT2D eigenvalue weighted by atomic mass is 16.5. The minimum absolute atomic E-state index is 0.0251. The number of rotatable bonds is 5. The molecule has 1 N–H and O–H groups in total. The quantitative estimate of drug-likeness (QED) is 0.883. The maximum atomic E-state index is 12.4. The van der Waals surface area contributed by atoms with E-state index in [1.54, 1.807) is 0 Å². The highest BCUT2D eigenvalue weighted by Gasteiger charge is 2.24. The lowest BCUT2D eigenvalue weighted by Crippen LogP contribution is -2.49. The standard InChI is InChI=1S/C21H34N2O2/c1-15(2)23-13-11-18(12-14-23)22-20(24)16(3)25-19-9-7-17(8-10-19)21(4,5)6/h7-10,15-16,18H,11-14H2,1-6H3,(H,22,24)/t16-/m0/s1. The van der Waals surface area contributed by atoms with E-state index in [9.17, 15) is 4.79 Å². The van der Waals surface area contributed by atoms with Gasteiger partial charge in [-0.15, -0.1) is 0 Å². The summed E-state index contributed by atoms with van der Waals surface area (Å²) in [6.07, 6.45) is 1.54. The zero-order valence-electron chi connectivity index (χ0n) is 16.6. The number of benzene rings is 1. The van der Waals surface area contributed by atoms with E-state index in [1.807, 2.05) is 19.1 Å². The first-order chi connectivity index (χ1) is 11.7. The molecule has 140 valence electrons. The predicted molar refractivity (Wildman–Crippen MR) is 103 cm³/mol. The average molecular weight is 347 g/mol. The van der Waals surface area contributed by atoms with Gasteiger partial charge in [-0.05, 0) is 56.7 Å². The number of amides is 1. The van der Waals surface area contributed by atoms with E-state index in [1.165, 1.54) is 5.56 Å². The summed E-state index contributed by atoms with van der Waals surface area (Å²) in [5.74, 6) is 0.716. The van der Waals surface area contributed by atoms with E-state index in [-0.39, 0.29) is 17.4 Å². The van der Waals surface area contributed by atoms with Gasteiger partial charge in [0, 0.05) is 25.2 Å². The van der Waals surface area contributed by atoms with Crippen LogP contribution in [0.2, 0.25) is 0 Å². The van der Waals surface area contributed by atoms with E-state index >= 15 is 0 Å². The van der Waals surface area contributed by atoms with Crippen molar-refractivity contribution < 1.29 is 9.53 Å². The Morgan fingerprint density at radius 1 is 1.12 bits per heavy atom. The SMILES string of the molecule is CC(C)N1CCC(NC(=O)[C@H](C)Oc2ccc(C(C)(C)C)cc2)CC1. The Morgan fingerprint density at radius 3 is 2.16 bits per heavy atom. The molecular formula is C21H34N2O2. The van der Waals surface area contributed by atoms with Crippen LogP contribution in [0.15, 0.2) is 24.3 Å². The summed E-state index contributed by atoms with van der Waals surface area (Å²) in [5.41, 5.74) is 1.38. The molecule has 25 heavy (non-hydrogen) atoms. The lowest BCUT2D eigenvalue weighted by atomic mass is 9.87. The fraction of sp³-hybridized carbons (Fsp3) is 0.667. The fourth-order valence-corrected chi connectivity index (χ4v) is 3.17. The van der Waals surface area contributed by atoms with Crippen molar-refractivity contribution in [1.82, 2.24) is 10.2 Å². The second-order valence-electron chi connectivity index (χ2n) is 8.45. The molecule has 0 bridgehead atoms. The predicted octanol–water partition coefficient (Wildman–Crippen LogP) is 3.74. The minimum atomic E-state index is -0.483. The van der Waals surface area contributed by atoms with Gasteiger partial charge in [0.1, 0.15) is 5.75 Å². The first kappa shape index (κ1) is 19.8. The molecule has 2 rings (SSSR count). The molecule has 1 atom stereocenters. The highest BCUT2D eigenvalue weighted by Crippen LogP contribution is 2.24. The van der Waals surface area contributed by atoms with Crippen LogP contribution in [0.5, 0.6) is 5.75 Å². The monoisotopic (exact) mass is 346 g/mol. The Hall–Kier alpha value is -1.55. The second-order valence-corrected chi connectivity index (χ2v) is 8.45. The summed E-state index contributed by atoms with van der Waals surface area (Å²) in [6.45, 7) is 14.9. The second kappa shape index (κ2) is 8.22. The van der Waals surface area contributed by atoms with E-state index in [2.05, 4.69) is 57.0 Å². The maximum Gasteiger partial charge on any atom is 0.260 e. The summed E-state index contributed by atoms with van der Waals surface area (Å²) in [5, 5.41) is 3.14. The van der Waals surface area contributed by atoms with E-state index in [4.69, 9.17) is 4.74 Å². The molecule has 1 aromatic carbocycles. The Morgan fingerprint density at radius 2 is 1.68 bits per heavy atom. The molecule has 1 aromatic rings. The minimum Gasteiger partial charge on any atom is -0.481 e. The highest BCUT2D eigenvalue weighted by molar-refractivity contribution is 5.81. The van der Waals surface area contributed by atoms with Crippen LogP contribution in [0, 0.1) is 0 Å². The Kier molecular flexibility index (Phi) is 6.50. The summed E-state index contributed by atoms with van der Waals surface area (Å²) in [7, 11) is 0. The number of likely N-dealkylation sites (tertiary alicyclic amines) is 1. The first-order valence-electron chi connectivity index (χ1n) is 9.48. The third kappa shape index (κ3) is 5.74. The molecule has 1 amide bonds. The van der Waals surface area contributed by atoms with Crippen molar-refractivity contribution >= 4 is 5.91 Å². The number of carbonyl (C=O) groups is 1. The molecule has 1 heterocycles. The zero-order valence-corrected chi connectivity index (χ0v) is 16.6. The number of carbonyl (C=O) groups excluding carboxylic acids is 1. The maximum absolute atomic E-state index is 12.4. The van der Waals surface area contributed by atoms with Gasteiger partial charge in [0.25, 0.3) is 5.91 Å². The molecule has 4 nitrogen and oxygen atoms in total. The zero-order chi connectivity index (χ0) is 18.6. The summed E-state index contributed by atoms with van der Waals surface area (Å²) in [6, 6.07) is 8.88. The molecule has 0 radical (unpaired) electrons. The molecule has 4 heteroatoms. The van der Waals surface area contributed by atoms with Crippen LogP contribution in [-0.4, -0.2) is 42.1 Å². The van der Waals surface area contributed by atoms with Gasteiger partial charge in [0.05, 0.1) is 0 Å². The van der Waals surface area contributed by atoms with Gasteiger partial charge in [0.2, 0.25) is 0 Å².